The van der Waals surface area contributed by atoms with Gasteiger partial charge in [0.25, 0.3) is 0 Å². The summed E-state index contributed by atoms with van der Waals surface area (Å²) in [6.45, 7) is 7.51. The summed E-state index contributed by atoms with van der Waals surface area (Å²) in [6, 6.07) is 6.97. The minimum absolute atomic E-state index is 0. The lowest BCUT2D eigenvalue weighted by Gasteiger charge is -2.36. The van der Waals surface area contributed by atoms with Crippen molar-refractivity contribution in [3.63, 3.8) is 0 Å². The van der Waals surface area contributed by atoms with Crippen LogP contribution in [0.15, 0.2) is 44.5 Å². The second-order valence-electron chi connectivity index (χ2n) is 6.16. The molecule has 1 fully saturated rings. The Bertz CT molecular complexity index is 735. The van der Waals surface area contributed by atoms with Crippen molar-refractivity contribution in [1.82, 2.24) is 20.3 Å². The second-order valence-corrected chi connectivity index (χ2v) is 7.08. The number of benzene rings is 1. The highest BCUT2D eigenvalue weighted by atomic mass is 127. The molecule has 6 nitrogen and oxygen atoms in total. The third-order valence-corrected chi connectivity index (χ3v) is 4.79. The molecule has 0 unspecified atom stereocenters. The molecule has 1 N–H and O–H groups in total. The summed E-state index contributed by atoms with van der Waals surface area (Å²) in [6.07, 6.45) is 1.60. The summed E-state index contributed by atoms with van der Waals surface area (Å²) >= 11 is 3.28. The highest BCUT2D eigenvalue weighted by Gasteiger charge is 2.20. The van der Waals surface area contributed by atoms with E-state index in [1.165, 1.54) is 6.07 Å². The van der Waals surface area contributed by atoms with Crippen LogP contribution in [0, 0.1) is 5.82 Å². The van der Waals surface area contributed by atoms with Crippen LogP contribution in [-0.2, 0) is 13.1 Å². The standard InChI is InChI=1S/C18H23BrFN5O.HI/c1-2-21-18(22-12-14-3-4-15(19)11-17(14)20)25-8-6-24(7-9-25)13-16-5-10-26-23-16;/h3-5,10-11H,2,6-9,12-13H2,1H3,(H,21,22);1H. The van der Waals surface area contributed by atoms with Crippen molar-refractivity contribution in [3.8, 4) is 0 Å². The molecular formula is C18H24BrFIN5O. The van der Waals surface area contributed by atoms with Crippen molar-refractivity contribution in [2.75, 3.05) is 32.7 Å². The molecule has 2 heterocycles. The molecule has 1 aliphatic rings. The molecule has 3 rings (SSSR count). The van der Waals surface area contributed by atoms with Gasteiger partial charge in [-0.25, -0.2) is 9.38 Å². The number of nitrogens with zero attached hydrogens (tertiary/aromatic N) is 4. The minimum Gasteiger partial charge on any atom is -0.364 e. The molecule has 2 aromatic rings. The molecule has 0 aliphatic carbocycles. The van der Waals surface area contributed by atoms with E-state index in [4.69, 9.17) is 4.52 Å². The van der Waals surface area contributed by atoms with Gasteiger partial charge in [-0.15, -0.1) is 24.0 Å². The maximum Gasteiger partial charge on any atom is 0.194 e. The summed E-state index contributed by atoms with van der Waals surface area (Å²) < 4.78 is 19.6. The molecule has 148 valence electrons. The molecule has 1 aromatic carbocycles. The number of hydrogen-bond donors (Lipinski definition) is 1. The molecule has 0 bridgehead atoms. The van der Waals surface area contributed by atoms with Gasteiger partial charge in [0.1, 0.15) is 12.1 Å². The van der Waals surface area contributed by atoms with Gasteiger partial charge in [-0.1, -0.05) is 27.2 Å². The molecule has 0 spiro atoms. The number of nitrogens with one attached hydrogen (secondary N) is 1. The molecule has 0 atom stereocenters. The fourth-order valence-electron chi connectivity index (χ4n) is 2.90. The number of halogens is 3. The smallest absolute Gasteiger partial charge is 0.194 e. The number of piperazine rings is 1. The van der Waals surface area contributed by atoms with Crippen molar-refractivity contribution < 1.29 is 8.91 Å². The maximum absolute atomic E-state index is 14.0. The second kappa shape index (κ2) is 11.0. The van der Waals surface area contributed by atoms with Crippen LogP contribution < -0.4 is 5.32 Å². The third kappa shape index (κ3) is 6.42. The molecule has 0 saturated carbocycles. The summed E-state index contributed by atoms with van der Waals surface area (Å²) in [5.41, 5.74) is 1.54. The Kier molecular flexibility index (Phi) is 8.97. The fourth-order valence-corrected chi connectivity index (χ4v) is 3.23. The Labute approximate surface area is 184 Å². The quantitative estimate of drug-likeness (QED) is 0.350. The van der Waals surface area contributed by atoms with Crippen molar-refractivity contribution in [2.24, 2.45) is 4.99 Å². The summed E-state index contributed by atoms with van der Waals surface area (Å²) in [4.78, 5) is 9.19. The Balaban J connectivity index is 0.00000261. The van der Waals surface area contributed by atoms with Crippen molar-refractivity contribution in [3.05, 3.63) is 52.1 Å². The lowest BCUT2D eigenvalue weighted by Crippen LogP contribution is -2.52. The van der Waals surface area contributed by atoms with Gasteiger partial charge in [0, 0.05) is 55.4 Å². The van der Waals surface area contributed by atoms with Crippen LogP contribution >= 0.6 is 39.9 Å². The first-order valence-electron chi connectivity index (χ1n) is 8.74. The van der Waals surface area contributed by atoms with Gasteiger partial charge >= 0.3 is 0 Å². The summed E-state index contributed by atoms with van der Waals surface area (Å²) in [7, 11) is 0. The molecular weight excluding hydrogens is 528 g/mol. The number of aliphatic imine (C=N–C) groups is 1. The van der Waals surface area contributed by atoms with E-state index in [0.29, 0.717) is 12.1 Å². The van der Waals surface area contributed by atoms with Crippen LogP contribution in [0.5, 0.6) is 0 Å². The van der Waals surface area contributed by atoms with E-state index in [0.717, 1.165) is 55.4 Å². The van der Waals surface area contributed by atoms with E-state index in [9.17, 15) is 4.39 Å². The topological polar surface area (TPSA) is 56.9 Å². The summed E-state index contributed by atoms with van der Waals surface area (Å²) in [5, 5.41) is 7.28. The normalized spacial score (nSPS) is 15.5. The largest absolute Gasteiger partial charge is 0.364 e. The molecule has 0 radical (unpaired) electrons. The van der Waals surface area contributed by atoms with E-state index >= 15 is 0 Å². The zero-order chi connectivity index (χ0) is 18.4. The van der Waals surface area contributed by atoms with Crippen LogP contribution in [0.4, 0.5) is 4.39 Å². The summed E-state index contributed by atoms with van der Waals surface area (Å²) in [5.74, 6) is 0.590. The SMILES string of the molecule is CCNC(=NCc1ccc(Br)cc1F)N1CCN(Cc2ccon2)CC1.I. The van der Waals surface area contributed by atoms with E-state index in [2.05, 4.69) is 41.2 Å². The van der Waals surface area contributed by atoms with E-state index in [1.807, 2.05) is 19.1 Å². The number of aromatic nitrogens is 1. The van der Waals surface area contributed by atoms with Crippen LogP contribution in [0.25, 0.3) is 0 Å². The van der Waals surface area contributed by atoms with E-state index in [1.54, 1.807) is 12.3 Å². The van der Waals surface area contributed by atoms with Gasteiger partial charge in [0.2, 0.25) is 0 Å². The van der Waals surface area contributed by atoms with Gasteiger partial charge in [-0.2, -0.15) is 0 Å². The predicted molar refractivity (Wildman–Crippen MR) is 118 cm³/mol. The van der Waals surface area contributed by atoms with Gasteiger partial charge in [-0.3, -0.25) is 4.90 Å². The average molecular weight is 552 g/mol. The van der Waals surface area contributed by atoms with Crippen LogP contribution in [0.2, 0.25) is 0 Å². The van der Waals surface area contributed by atoms with Crippen LogP contribution in [0.1, 0.15) is 18.2 Å². The van der Waals surface area contributed by atoms with Gasteiger partial charge in [0.15, 0.2) is 5.96 Å². The lowest BCUT2D eigenvalue weighted by atomic mass is 10.2. The third-order valence-electron chi connectivity index (χ3n) is 4.30. The van der Waals surface area contributed by atoms with Crippen molar-refractivity contribution in [2.45, 2.75) is 20.0 Å². The fraction of sp³-hybridized carbons (Fsp3) is 0.444. The molecule has 1 aliphatic heterocycles. The van der Waals surface area contributed by atoms with Gasteiger partial charge < -0.3 is 14.7 Å². The van der Waals surface area contributed by atoms with Crippen LogP contribution in [-0.4, -0.2) is 53.6 Å². The first-order chi connectivity index (χ1) is 12.7. The Morgan fingerprint density at radius 3 is 2.70 bits per heavy atom. The average Bonchev–Trinajstić information content (AvgIpc) is 3.14. The predicted octanol–water partition coefficient (Wildman–Crippen LogP) is 3.48. The minimum atomic E-state index is -0.239. The van der Waals surface area contributed by atoms with Crippen molar-refractivity contribution in [1.29, 1.82) is 0 Å². The lowest BCUT2D eigenvalue weighted by molar-refractivity contribution is 0.169. The Hall–Kier alpha value is -1.20. The zero-order valence-electron chi connectivity index (χ0n) is 15.2. The zero-order valence-corrected chi connectivity index (χ0v) is 19.1. The maximum atomic E-state index is 14.0. The number of rotatable bonds is 5. The monoisotopic (exact) mass is 551 g/mol. The van der Waals surface area contributed by atoms with Gasteiger partial charge in [-0.05, 0) is 19.1 Å². The first-order valence-corrected chi connectivity index (χ1v) is 9.54. The van der Waals surface area contributed by atoms with Gasteiger partial charge in [0.05, 0.1) is 12.2 Å². The highest BCUT2D eigenvalue weighted by molar-refractivity contribution is 14.0. The van der Waals surface area contributed by atoms with E-state index < -0.39 is 0 Å². The first kappa shape index (κ1) is 22.1. The number of hydrogen-bond acceptors (Lipinski definition) is 4. The Morgan fingerprint density at radius 2 is 2.07 bits per heavy atom. The molecule has 9 heteroatoms. The molecule has 27 heavy (non-hydrogen) atoms. The molecule has 0 amide bonds. The number of guanidine groups is 1. The van der Waals surface area contributed by atoms with Crippen LogP contribution in [0.3, 0.4) is 0 Å². The van der Waals surface area contributed by atoms with E-state index in [-0.39, 0.29) is 29.8 Å². The molecule has 1 saturated heterocycles. The van der Waals surface area contributed by atoms with Crippen molar-refractivity contribution >= 4 is 45.9 Å². The highest BCUT2D eigenvalue weighted by Crippen LogP contribution is 2.16. The Morgan fingerprint density at radius 1 is 1.30 bits per heavy atom. The molecule has 1 aromatic heterocycles.